The number of ether oxygens (including phenoxy) is 1. The molecule has 3 N–H and O–H groups in total. The van der Waals surface area contributed by atoms with E-state index in [9.17, 15) is 14.4 Å². The molecule has 0 spiro atoms. The molecule has 1 aliphatic rings. The predicted molar refractivity (Wildman–Crippen MR) is 59.2 cm³/mol. The number of carboxylic acids is 1. The third kappa shape index (κ3) is 3.37. The Morgan fingerprint density at radius 3 is 2.56 bits per heavy atom. The first-order valence-electron chi connectivity index (χ1n) is 5.22. The minimum Gasteiger partial charge on any atom is -0.480 e. The monoisotopic (exact) mass is 258 g/mol. The van der Waals surface area contributed by atoms with Crippen molar-refractivity contribution in [2.45, 2.75) is 18.5 Å². The Bertz CT molecular complexity index is 347. The number of likely N-dealkylation sites (tertiary alicyclic amines) is 1. The Hall–Kier alpha value is -2.25. The second-order valence-electron chi connectivity index (χ2n) is 3.75. The first-order chi connectivity index (χ1) is 8.45. The largest absolute Gasteiger partial charge is 0.480 e. The van der Waals surface area contributed by atoms with Crippen molar-refractivity contribution in [3.8, 4) is 0 Å². The van der Waals surface area contributed by atoms with Gasteiger partial charge in [-0.15, -0.1) is 0 Å². The molecule has 0 radical (unpaired) electrons. The summed E-state index contributed by atoms with van der Waals surface area (Å²) in [5.74, 6) is -1.24. The molecule has 1 rings (SSSR count). The quantitative estimate of drug-likeness (QED) is 0.616. The van der Waals surface area contributed by atoms with E-state index in [1.807, 2.05) is 0 Å². The Morgan fingerprint density at radius 2 is 2.11 bits per heavy atom. The van der Waals surface area contributed by atoms with E-state index in [0.29, 0.717) is 0 Å². The first kappa shape index (κ1) is 13.8. The fraction of sp³-hybridized carbons (Fsp3) is 0.500. The molecule has 18 heavy (non-hydrogen) atoms. The van der Waals surface area contributed by atoms with Gasteiger partial charge >= 0.3 is 18.2 Å². The van der Waals surface area contributed by atoms with E-state index < -0.39 is 30.2 Å². The second-order valence-corrected chi connectivity index (χ2v) is 3.75. The van der Waals surface area contributed by atoms with Gasteiger partial charge in [0.15, 0.2) is 0 Å². The molecule has 0 bridgehead atoms. The third-order valence-electron chi connectivity index (χ3n) is 2.49. The Kier molecular flexibility index (Phi) is 4.52. The molecule has 1 fully saturated rings. The van der Waals surface area contributed by atoms with Crippen molar-refractivity contribution in [3.63, 3.8) is 0 Å². The Morgan fingerprint density at radius 1 is 1.44 bits per heavy atom. The van der Waals surface area contributed by atoms with Crippen LogP contribution in [-0.2, 0) is 9.53 Å². The van der Waals surface area contributed by atoms with Crippen molar-refractivity contribution in [3.05, 3.63) is 12.7 Å². The molecule has 1 heterocycles. The van der Waals surface area contributed by atoms with E-state index in [4.69, 9.17) is 10.2 Å². The zero-order chi connectivity index (χ0) is 13.7. The molecule has 0 saturated carbocycles. The van der Waals surface area contributed by atoms with Crippen LogP contribution in [0, 0.1) is 0 Å². The smallest absolute Gasteiger partial charge is 0.408 e. The van der Waals surface area contributed by atoms with Crippen molar-refractivity contribution < 1.29 is 29.3 Å². The van der Waals surface area contributed by atoms with Crippen molar-refractivity contribution in [2.24, 2.45) is 0 Å². The molecular weight excluding hydrogens is 244 g/mol. The number of carbonyl (C=O) groups excluding carboxylic acids is 1. The zero-order valence-corrected chi connectivity index (χ0v) is 9.54. The van der Waals surface area contributed by atoms with E-state index in [1.54, 1.807) is 0 Å². The lowest BCUT2D eigenvalue weighted by Crippen LogP contribution is -2.40. The van der Waals surface area contributed by atoms with E-state index in [2.05, 4.69) is 16.6 Å². The van der Waals surface area contributed by atoms with Gasteiger partial charge in [-0.1, -0.05) is 12.7 Å². The summed E-state index contributed by atoms with van der Waals surface area (Å²) in [6, 6.07) is -1.72. The fourth-order valence-electron chi connectivity index (χ4n) is 1.73. The van der Waals surface area contributed by atoms with E-state index in [0.717, 1.165) is 4.90 Å². The molecule has 8 nitrogen and oxygen atoms in total. The minimum atomic E-state index is -1.33. The number of alkyl carbamates (subject to hydrolysis) is 1. The summed E-state index contributed by atoms with van der Waals surface area (Å²) >= 11 is 0. The summed E-state index contributed by atoms with van der Waals surface area (Å²) in [4.78, 5) is 33.7. The van der Waals surface area contributed by atoms with E-state index >= 15 is 0 Å². The number of rotatable bonds is 4. The summed E-state index contributed by atoms with van der Waals surface area (Å²) in [6.07, 6.45) is -0.648. The molecule has 0 aliphatic carbocycles. The van der Waals surface area contributed by atoms with Gasteiger partial charge in [-0.25, -0.2) is 14.4 Å². The topological polar surface area (TPSA) is 116 Å². The molecule has 100 valence electrons. The number of hydrogen-bond donors (Lipinski definition) is 3. The SMILES string of the molecule is C=CCOC(=O)NC1CC(C(=O)O)N(C(=O)O)C1. The Balaban J connectivity index is 2.55. The van der Waals surface area contributed by atoms with Crippen LogP contribution in [0.15, 0.2) is 12.7 Å². The highest BCUT2D eigenvalue weighted by Gasteiger charge is 2.40. The molecule has 1 aliphatic heterocycles. The van der Waals surface area contributed by atoms with Crippen LogP contribution in [0.4, 0.5) is 9.59 Å². The fourth-order valence-corrected chi connectivity index (χ4v) is 1.73. The minimum absolute atomic E-state index is 0.0187. The number of aliphatic carboxylic acids is 1. The van der Waals surface area contributed by atoms with Crippen LogP contribution in [-0.4, -0.2) is 58.5 Å². The molecule has 1 saturated heterocycles. The van der Waals surface area contributed by atoms with Gasteiger partial charge in [0.05, 0.1) is 6.04 Å². The highest BCUT2D eigenvalue weighted by Crippen LogP contribution is 2.18. The van der Waals surface area contributed by atoms with Gasteiger partial charge in [0, 0.05) is 13.0 Å². The average molecular weight is 258 g/mol. The standard InChI is InChI=1S/C10H14N2O6/c1-2-3-18-9(15)11-6-4-7(8(13)14)12(5-6)10(16)17/h2,6-7H,1,3-5H2,(H,11,15)(H,13,14)(H,16,17). The summed E-state index contributed by atoms with van der Waals surface area (Å²) < 4.78 is 4.66. The number of hydrogen-bond acceptors (Lipinski definition) is 4. The van der Waals surface area contributed by atoms with Crippen LogP contribution < -0.4 is 5.32 Å². The number of nitrogens with zero attached hydrogens (tertiary/aromatic N) is 1. The van der Waals surface area contributed by atoms with Gasteiger partial charge in [-0.3, -0.25) is 4.90 Å². The van der Waals surface area contributed by atoms with Gasteiger partial charge in [0.2, 0.25) is 0 Å². The summed E-state index contributed by atoms with van der Waals surface area (Å²) in [7, 11) is 0. The van der Waals surface area contributed by atoms with Gasteiger partial charge < -0.3 is 20.3 Å². The molecular formula is C10H14N2O6. The van der Waals surface area contributed by atoms with E-state index in [-0.39, 0.29) is 19.6 Å². The normalized spacial score (nSPS) is 22.3. The van der Waals surface area contributed by atoms with Crippen molar-refractivity contribution in [1.29, 1.82) is 0 Å². The molecule has 0 aromatic rings. The highest BCUT2D eigenvalue weighted by atomic mass is 16.5. The predicted octanol–water partition coefficient (Wildman–Crippen LogP) is 0.104. The summed E-state index contributed by atoms with van der Waals surface area (Å²) in [6.45, 7) is 3.32. The van der Waals surface area contributed by atoms with Gasteiger partial charge in [0.25, 0.3) is 0 Å². The van der Waals surface area contributed by atoms with Gasteiger partial charge in [-0.05, 0) is 0 Å². The van der Waals surface area contributed by atoms with Crippen LogP contribution in [0.25, 0.3) is 0 Å². The van der Waals surface area contributed by atoms with Crippen molar-refractivity contribution in [2.75, 3.05) is 13.2 Å². The molecule has 2 atom stereocenters. The van der Waals surface area contributed by atoms with Crippen molar-refractivity contribution in [1.82, 2.24) is 10.2 Å². The van der Waals surface area contributed by atoms with E-state index in [1.165, 1.54) is 6.08 Å². The van der Waals surface area contributed by atoms with Crippen LogP contribution in [0.2, 0.25) is 0 Å². The van der Waals surface area contributed by atoms with Crippen LogP contribution in [0.1, 0.15) is 6.42 Å². The zero-order valence-electron chi connectivity index (χ0n) is 9.54. The maximum Gasteiger partial charge on any atom is 0.408 e. The average Bonchev–Trinajstić information content (AvgIpc) is 2.70. The highest BCUT2D eigenvalue weighted by molar-refractivity contribution is 5.80. The third-order valence-corrected chi connectivity index (χ3v) is 2.49. The summed E-state index contributed by atoms with van der Waals surface area (Å²) in [5.41, 5.74) is 0. The number of carboxylic acid groups (broad SMARTS) is 2. The second kappa shape index (κ2) is 5.89. The van der Waals surface area contributed by atoms with Crippen LogP contribution in [0.3, 0.4) is 0 Å². The lowest BCUT2D eigenvalue weighted by atomic mass is 10.2. The van der Waals surface area contributed by atoms with Gasteiger partial charge in [-0.2, -0.15) is 0 Å². The van der Waals surface area contributed by atoms with Crippen LogP contribution in [0.5, 0.6) is 0 Å². The number of carbonyl (C=O) groups is 3. The Labute approximate surface area is 103 Å². The maximum absolute atomic E-state index is 11.2. The summed E-state index contributed by atoms with van der Waals surface area (Å²) in [5, 5.41) is 20.1. The van der Waals surface area contributed by atoms with Gasteiger partial charge in [0.1, 0.15) is 12.6 Å². The molecule has 2 unspecified atom stereocenters. The van der Waals surface area contributed by atoms with Crippen molar-refractivity contribution >= 4 is 18.2 Å². The first-order valence-corrected chi connectivity index (χ1v) is 5.22. The molecule has 0 aromatic carbocycles. The lowest BCUT2D eigenvalue weighted by molar-refractivity contribution is -0.141. The lowest BCUT2D eigenvalue weighted by Gasteiger charge is -2.16. The molecule has 2 amide bonds. The molecule has 0 aromatic heterocycles. The number of amides is 2. The maximum atomic E-state index is 11.2. The molecule has 8 heteroatoms. The number of nitrogens with one attached hydrogen (secondary N) is 1. The van der Waals surface area contributed by atoms with Crippen LogP contribution >= 0.6 is 0 Å².